The van der Waals surface area contributed by atoms with Gasteiger partial charge in [0, 0.05) is 37.8 Å². The number of ketones is 2. The molecular formula is C30H40N4O7. The summed E-state index contributed by atoms with van der Waals surface area (Å²) in [4.78, 5) is 45.3. The number of Topliss-reactive ketones (excluding diaryl/α,β-unsaturated/α-hetero) is 2. The van der Waals surface area contributed by atoms with E-state index in [1.807, 2.05) is 19.0 Å². The van der Waals surface area contributed by atoms with Gasteiger partial charge in [-0.25, -0.2) is 0 Å². The van der Waals surface area contributed by atoms with Gasteiger partial charge in [-0.05, 0) is 81.9 Å². The lowest BCUT2D eigenvalue weighted by atomic mass is 9.57. The predicted octanol–water partition coefficient (Wildman–Crippen LogP) is 1.26. The summed E-state index contributed by atoms with van der Waals surface area (Å²) in [5.74, 6) is -5.80. The van der Waals surface area contributed by atoms with Crippen molar-refractivity contribution in [1.29, 1.82) is 0 Å². The van der Waals surface area contributed by atoms with E-state index in [9.17, 15) is 34.8 Å². The fourth-order valence-electron chi connectivity index (χ4n) is 7.51. The largest absolute Gasteiger partial charge is 0.508 e. The van der Waals surface area contributed by atoms with Crippen molar-refractivity contribution in [3.8, 4) is 5.75 Å². The number of anilines is 1. The lowest BCUT2D eigenvalue weighted by Gasteiger charge is -2.50. The third-order valence-corrected chi connectivity index (χ3v) is 9.49. The highest BCUT2D eigenvalue weighted by atomic mass is 16.3. The summed E-state index contributed by atoms with van der Waals surface area (Å²) in [7, 11) is 6.96. The minimum Gasteiger partial charge on any atom is -0.508 e. The molecule has 11 heteroatoms. The lowest BCUT2D eigenvalue weighted by Crippen LogP contribution is -2.65. The quantitative estimate of drug-likeness (QED) is 0.326. The minimum atomic E-state index is -2.64. The number of aromatic hydroxyl groups is 1. The average molecular weight is 569 g/mol. The summed E-state index contributed by atoms with van der Waals surface area (Å²) in [6, 6.07) is 0.514. The van der Waals surface area contributed by atoms with Gasteiger partial charge in [0.1, 0.15) is 22.8 Å². The Labute approximate surface area is 239 Å². The van der Waals surface area contributed by atoms with Crippen LogP contribution in [-0.2, 0) is 27.3 Å². The van der Waals surface area contributed by atoms with E-state index in [0.29, 0.717) is 18.0 Å². The van der Waals surface area contributed by atoms with E-state index in [2.05, 4.69) is 11.8 Å². The number of hydrogen-bond donors (Lipinski definition) is 5. The number of primary amides is 1. The van der Waals surface area contributed by atoms with E-state index >= 15 is 0 Å². The van der Waals surface area contributed by atoms with E-state index in [1.54, 1.807) is 20.2 Å². The molecule has 0 aromatic heterocycles. The molecule has 1 aromatic carbocycles. The first-order valence-corrected chi connectivity index (χ1v) is 14.1. The minimum absolute atomic E-state index is 0.0631. The predicted molar refractivity (Wildman–Crippen MR) is 152 cm³/mol. The number of carbonyl (C=O) groups is 3. The molecule has 4 aliphatic rings. The van der Waals surface area contributed by atoms with Crippen LogP contribution in [-0.4, -0.2) is 101 Å². The second-order valence-corrected chi connectivity index (χ2v) is 12.6. The molecule has 3 aliphatic carbocycles. The average Bonchev–Trinajstić information content (AvgIpc) is 2.86. The van der Waals surface area contributed by atoms with E-state index in [0.717, 1.165) is 37.2 Å². The van der Waals surface area contributed by atoms with Crippen LogP contribution < -0.4 is 10.6 Å². The van der Waals surface area contributed by atoms with Gasteiger partial charge in [-0.2, -0.15) is 0 Å². The number of fused-ring (bicyclic) bond motifs is 3. The van der Waals surface area contributed by atoms with Gasteiger partial charge in [0.05, 0.1) is 11.6 Å². The van der Waals surface area contributed by atoms with Gasteiger partial charge in [-0.1, -0.05) is 6.92 Å². The zero-order valence-corrected chi connectivity index (χ0v) is 24.3. The van der Waals surface area contributed by atoms with Gasteiger partial charge in [-0.15, -0.1) is 0 Å². The maximum atomic E-state index is 14.0. The van der Waals surface area contributed by atoms with E-state index < -0.39 is 58.0 Å². The first-order chi connectivity index (χ1) is 19.2. The Morgan fingerprint density at radius 1 is 1.12 bits per heavy atom. The Morgan fingerprint density at radius 3 is 2.32 bits per heavy atom. The molecule has 0 unspecified atom stereocenters. The van der Waals surface area contributed by atoms with Gasteiger partial charge in [0.15, 0.2) is 11.4 Å². The van der Waals surface area contributed by atoms with Crippen molar-refractivity contribution in [2.45, 2.75) is 50.8 Å². The molecule has 6 N–H and O–H groups in total. The van der Waals surface area contributed by atoms with Crippen LogP contribution in [0.1, 0.15) is 42.9 Å². The fourth-order valence-corrected chi connectivity index (χ4v) is 7.51. The SMILES string of the molecule is CC1CCN(Cc2cc(O)c3c(c2N(C)C)C[C@H]2C[C@H]4[C@H](N(C)C)C(=O)C(C(N)=O)=C(O)[C@@]4(O)C(=O)C2=C3O)CC1. The van der Waals surface area contributed by atoms with Crippen LogP contribution in [0.2, 0.25) is 0 Å². The van der Waals surface area contributed by atoms with Crippen molar-refractivity contribution < 1.29 is 34.8 Å². The molecule has 0 radical (unpaired) electrons. The first-order valence-electron chi connectivity index (χ1n) is 14.1. The summed E-state index contributed by atoms with van der Waals surface area (Å²) >= 11 is 0. The molecule has 0 bridgehead atoms. The zero-order chi connectivity index (χ0) is 30.1. The molecule has 1 amide bonds. The van der Waals surface area contributed by atoms with Crippen LogP contribution in [0.4, 0.5) is 5.69 Å². The normalized spacial score (nSPS) is 29.0. The van der Waals surface area contributed by atoms with Crippen molar-refractivity contribution in [2.75, 3.05) is 46.2 Å². The Hall–Kier alpha value is -3.41. The van der Waals surface area contributed by atoms with Crippen LogP contribution in [0.15, 0.2) is 23.0 Å². The summed E-state index contributed by atoms with van der Waals surface area (Å²) in [6.45, 7) is 4.76. The molecule has 1 aromatic rings. The Kier molecular flexibility index (Phi) is 7.20. The molecule has 1 heterocycles. The maximum Gasteiger partial charge on any atom is 0.255 e. The van der Waals surface area contributed by atoms with Gasteiger partial charge in [-0.3, -0.25) is 24.2 Å². The molecule has 2 fully saturated rings. The molecule has 1 aliphatic heterocycles. The summed E-state index contributed by atoms with van der Waals surface area (Å²) < 4.78 is 0. The van der Waals surface area contributed by atoms with Gasteiger partial charge < -0.3 is 31.1 Å². The van der Waals surface area contributed by atoms with Crippen LogP contribution in [0.3, 0.4) is 0 Å². The number of amides is 1. The number of phenolic OH excluding ortho intramolecular Hbond substituents is 1. The van der Waals surface area contributed by atoms with Crippen molar-refractivity contribution in [3.05, 3.63) is 39.7 Å². The lowest BCUT2D eigenvalue weighted by molar-refractivity contribution is -0.153. The monoisotopic (exact) mass is 568 g/mol. The van der Waals surface area contributed by atoms with Gasteiger partial charge in [0.25, 0.3) is 5.91 Å². The number of nitrogens with two attached hydrogens (primary N) is 1. The number of aliphatic hydroxyl groups is 3. The van der Waals surface area contributed by atoms with Gasteiger partial charge in [0.2, 0.25) is 5.78 Å². The molecule has 0 spiro atoms. The second-order valence-electron chi connectivity index (χ2n) is 12.6. The van der Waals surface area contributed by atoms with Crippen LogP contribution in [0.5, 0.6) is 5.75 Å². The molecule has 5 rings (SSSR count). The first kappa shape index (κ1) is 29.1. The van der Waals surface area contributed by atoms with Gasteiger partial charge >= 0.3 is 0 Å². The number of likely N-dealkylation sites (tertiary alicyclic amines) is 1. The number of rotatable bonds is 5. The zero-order valence-electron chi connectivity index (χ0n) is 24.3. The Bertz CT molecular complexity index is 1390. The molecule has 11 nitrogen and oxygen atoms in total. The van der Waals surface area contributed by atoms with Crippen LogP contribution in [0.25, 0.3) is 5.76 Å². The van der Waals surface area contributed by atoms with Crippen molar-refractivity contribution in [1.82, 2.24) is 9.80 Å². The summed E-state index contributed by atoms with van der Waals surface area (Å²) in [6.07, 6.45) is 2.52. The molecule has 41 heavy (non-hydrogen) atoms. The number of carbonyl (C=O) groups excluding carboxylic acids is 3. The van der Waals surface area contributed by atoms with E-state index in [-0.39, 0.29) is 29.7 Å². The molecule has 4 atom stereocenters. The highest BCUT2D eigenvalue weighted by molar-refractivity contribution is 6.24. The topological polar surface area (TPSA) is 168 Å². The Morgan fingerprint density at radius 2 is 1.76 bits per heavy atom. The summed E-state index contributed by atoms with van der Waals surface area (Å²) in [5.41, 5.74) is 4.33. The number of benzene rings is 1. The number of likely N-dealkylation sites (N-methyl/N-ethyl adjacent to an activating group) is 1. The number of aliphatic hydroxyl groups excluding tert-OH is 2. The van der Waals surface area contributed by atoms with Crippen LogP contribution >= 0.6 is 0 Å². The van der Waals surface area contributed by atoms with Crippen LogP contribution in [0, 0.1) is 17.8 Å². The highest BCUT2D eigenvalue weighted by Crippen LogP contribution is 2.54. The number of piperidine rings is 1. The second kappa shape index (κ2) is 10.1. The number of phenols is 1. The van der Waals surface area contributed by atoms with E-state index in [1.165, 1.54) is 4.90 Å². The molecule has 1 saturated heterocycles. The fraction of sp³-hybridized carbons (Fsp3) is 0.567. The summed E-state index contributed by atoms with van der Waals surface area (Å²) in [5, 5.41) is 45.5. The smallest absolute Gasteiger partial charge is 0.255 e. The third kappa shape index (κ3) is 4.33. The third-order valence-electron chi connectivity index (χ3n) is 9.49. The van der Waals surface area contributed by atoms with Crippen molar-refractivity contribution >= 4 is 28.9 Å². The highest BCUT2D eigenvalue weighted by Gasteiger charge is 2.64. The number of nitrogens with zero attached hydrogens (tertiary/aromatic N) is 3. The molecular weight excluding hydrogens is 528 g/mol. The number of hydrogen-bond acceptors (Lipinski definition) is 10. The maximum absolute atomic E-state index is 14.0. The van der Waals surface area contributed by atoms with Crippen molar-refractivity contribution in [2.24, 2.45) is 23.5 Å². The Balaban J connectivity index is 1.66. The standard InChI is InChI=1S/C30H40N4O7/c1-14-6-8-34(9-7-14)13-16-12-19(35)21-17(23(16)32(2)3)10-15-11-18-24(33(4)5)26(37)22(29(31)40)28(39)30(18,41)27(38)20(15)25(21)36/h12,14-15,18,24,35-36,39,41H,6-11,13H2,1-5H3,(H2,31,40)/t15-,18-,24-,30-/m0/s1. The van der Waals surface area contributed by atoms with E-state index in [4.69, 9.17) is 5.73 Å². The van der Waals surface area contributed by atoms with Crippen molar-refractivity contribution in [3.63, 3.8) is 0 Å². The molecule has 222 valence electrons. The molecule has 1 saturated carbocycles.